The molecule has 0 radical (unpaired) electrons. The fourth-order valence-electron chi connectivity index (χ4n) is 2.11. The van der Waals surface area contributed by atoms with Crippen molar-refractivity contribution in [1.82, 2.24) is 5.32 Å². The molecule has 2 aliphatic rings. The van der Waals surface area contributed by atoms with Gasteiger partial charge in [-0.05, 0) is 43.9 Å². The van der Waals surface area contributed by atoms with Crippen molar-refractivity contribution in [3.8, 4) is 0 Å². The quantitative estimate of drug-likeness (QED) is 0.697. The van der Waals surface area contributed by atoms with Crippen molar-refractivity contribution in [1.29, 1.82) is 0 Å². The number of rotatable bonds is 6. The third-order valence-electron chi connectivity index (χ3n) is 3.41. The number of carbonyl (C=O) groups excluding carboxylic acids is 1. The zero-order valence-electron chi connectivity index (χ0n) is 8.84. The SMILES string of the molecule is CCOCC(=O)NCC1(C2CC2)CC1. The second kappa shape index (κ2) is 3.89. The zero-order valence-corrected chi connectivity index (χ0v) is 8.84. The molecule has 0 heterocycles. The molecule has 0 aromatic heterocycles. The van der Waals surface area contributed by atoms with Crippen molar-refractivity contribution in [3.63, 3.8) is 0 Å². The van der Waals surface area contributed by atoms with E-state index in [9.17, 15) is 4.79 Å². The summed E-state index contributed by atoms with van der Waals surface area (Å²) in [5.74, 6) is 0.952. The van der Waals surface area contributed by atoms with E-state index < -0.39 is 0 Å². The summed E-state index contributed by atoms with van der Waals surface area (Å²) in [4.78, 5) is 11.3. The molecule has 0 aromatic carbocycles. The minimum absolute atomic E-state index is 0.0405. The maximum atomic E-state index is 11.3. The second-order valence-electron chi connectivity index (χ2n) is 4.55. The summed E-state index contributed by atoms with van der Waals surface area (Å²) in [5, 5.41) is 2.98. The lowest BCUT2D eigenvalue weighted by Gasteiger charge is -2.14. The molecular formula is C11H19NO2. The van der Waals surface area contributed by atoms with Crippen LogP contribution in [0.5, 0.6) is 0 Å². The smallest absolute Gasteiger partial charge is 0.246 e. The van der Waals surface area contributed by atoms with Crippen LogP contribution in [0, 0.1) is 11.3 Å². The lowest BCUT2D eigenvalue weighted by molar-refractivity contribution is -0.125. The molecule has 1 amide bonds. The minimum atomic E-state index is 0.0405. The predicted molar refractivity (Wildman–Crippen MR) is 53.9 cm³/mol. The third kappa shape index (κ3) is 2.27. The van der Waals surface area contributed by atoms with Gasteiger partial charge in [0.15, 0.2) is 0 Å². The van der Waals surface area contributed by atoms with Crippen LogP contribution in [-0.4, -0.2) is 25.7 Å². The molecule has 80 valence electrons. The third-order valence-corrected chi connectivity index (χ3v) is 3.41. The lowest BCUT2D eigenvalue weighted by Crippen LogP contribution is -2.33. The highest BCUT2D eigenvalue weighted by Crippen LogP contribution is 2.60. The van der Waals surface area contributed by atoms with E-state index in [2.05, 4.69) is 5.32 Å². The summed E-state index contributed by atoms with van der Waals surface area (Å²) in [6.07, 6.45) is 5.38. The monoisotopic (exact) mass is 197 g/mol. The Bertz CT molecular complexity index is 219. The number of hydrogen-bond donors (Lipinski definition) is 1. The standard InChI is InChI=1S/C11H19NO2/c1-2-14-7-10(13)12-8-11(5-6-11)9-3-4-9/h9H,2-8H2,1H3,(H,12,13). The van der Waals surface area contributed by atoms with Crippen LogP contribution in [0.4, 0.5) is 0 Å². The van der Waals surface area contributed by atoms with Gasteiger partial charge in [-0.15, -0.1) is 0 Å². The highest BCUT2D eigenvalue weighted by Gasteiger charge is 2.53. The maximum Gasteiger partial charge on any atom is 0.246 e. The first-order chi connectivity index (χ1) is 6.77. The molecule has 3 nitrogen and oxygen atoms in total. The number of carbonyl (C=O) groups is 1. The van der Waals surface area contributed by atoms with Gasteiger partial charge in [0.2, 0.25) is 5.91 Å². The summed E-state index contributed by atoms with van der Waals surface area (Å²) in [6, 6.07) is 0. The van der Waals surface area contributed by atoms with Crippen LogP contribution >= 0.6 is 0 Å². The van der Waals surface area contributed by atoms with Gasteiger partial charge in [-0.2, -0.15) is 0 Å². The van der Waals surface area contributed by atoms with Gasteiger partial charge < -0.3 is 10.1 Å². The normalized spacial score (nSPS) is 23.2. The van der Waals surface area contributed by atoms with E-state index in [0.29, 0.717) is 12.0 Å². The van der Waals surface area contributed by atoms with Gasteiger partial charge in [0, 0.05) is 13.2 Å². The van der Waals surface area contributed by atoms with Gasteiger partial charge in [-0.25, -0.2) is 0 Å². The van der Waals surface area contributed by atoms with Crippen LogP contribution in [0.25, 0.3) is 0 Å². The number of hydrogen-bond acceptors (Lipinski definition) is 2. The molecule has 14 heavy (non-hydrogen) atoms. The van der Waals surface area contributed by atoms with Crippen molar-refractivity contribution in [2.45, 2.75) is 32.6 Å². The van der Waals surface area contributed by atoms with Crippen LogP contribution in [0.1, 0.15) is 32.6 Å². The molecule has 2 rings (SSSR count). The lowest BCUT2D eigenvalue weighted by atomic mass is 10.0. The van der Waals surface area contributed by atoms with Crippen LogP contribution in [-0.2, 0) is 9.53 Å². The Hall–Kier alpha value is -0.570. The first-order valence-electron chi connectivity index (χ1n) is 5.61. The average molecular weight is 197 g/mol. The van der Waals surface area contributed by atoms with E-state index >= 15 is 0 Å². The van der Waals surface area contributed by atoms with Gasteiger partial charge in [-0.3, -0.25) is 4.79 Å². The summed E-state index contributed by atoms with van der Waals surface area (Å²) in [5.41, 5.74) is 0.502. The Kier molecular flexibility index (Phi) is 2.77. The van der Waals surface area contributed by atoms with Crippen molar-refractivity contribution >= 4 is 5.91 Å². The summed E-state index contributed by atoms with van der Waals surface area (Å²) >= 11 is 0. The molecule has 2 aliphatic carbocycles. The average Bonchev–Trinajstić information content (AvgIpc) is 3.03. The Balaban J connectivity index is 1.64. The van der Waals surface area contributed by atoms with Gasteiger partial charge in [0.05, 0.1) is 0 Å². The number of amides is 1. The summed E-state index contributed by atoms with van der Waals surface area (Å²) < 4.78 is 5.04. The van der Waals surface area contributed by atoms with Crippen LogP contribution in [0.2, 0.25) is 0 Å². The molecule has 1 N–H and O–H groups in total. The predicted octanol–water partition coefficient (Wildman–Crippen LogP) is 1.33. The van der Waals surface area contributed by atoms with Gasteiger partial charge in [-0.1, -0.05) is 0 Å². The Morgan fingerprint density at radius 1 is 1.50 bits per heavy atom. The molecular weight excluding hydrogens is 178 g/mol. The van der Waals surface area contributed by atoms with Crippen molar-refractivity contribution in [2.75, 3.05) is 19.8 Å². The molecule has 0 atom stereocenters. The summed E-state index contributed by atoms with van der Waals surface area (Å²) in [6.45, 7) is 3.61. The molecule has 3 heteroatoms. The molecule has 2 saturated carbocycles. The largest absolute Gasteiger partial charge is 0.372 e. The first kappa shape index (κ1) is 9.97. The van der Waals surface area contributed by atoms with Crippen LogP contribution in [0.3, 0.4) is 0 Å². The van der Waals surface area contributed by atoms with E-state index in [-0.39, 0.29) is 12.5 Å². The van der Waals surface area contributed by atoms with E-state index in [1.54, 1.807) is 0 Å². The molecule has 2 fully saturated rings. The Morgan fingerprint density at radius 3 is 2.71 bits per heavy atom. The van der Waals surface area contributed by atoms with Crippen molar-refractivity contribution < 1.29 is 9.53 Å². The summed E-state index contributed by atoms with van der Waals surface area (Å²) in [7, 11) is 0. The molecule has 0 saturated heterocycles. The fourth-order valence-corrected chi connectivity index (χ4v) is 2.11. The number of nitrogens with one attached hydrogen (secondary N) is 1. The van der Waals surface area contributed by atoms with Gasteiger partial charge in [0.1, 0.15) is 6.61 Å². The molecule has 0 bridgehead atoms. The second-order valence-corrected chi connectivity index (χ2v) is 4.55. The minimum Gasteiger partial charge on any atom is -0.372 e. The molecule has 0 unspecified atom stereocenters. The van der Waals surface area contributed by atoms with Gasteiger partial charge >= 0.3 is 0 Å². The van der Waals surface area contributed by atoms with Crippen LogP contribution in [0.15, 0.2) is 0 Å². The Labute approximate surface area is 85.2 Å². The molecule has 0 aromatic rings. The topological polar surface area (TPSA) is 38.3 Å². The number of ether oxygens (including phenoxy) is 1. The van der Waals surface area contributed by atoms with E-state index in [1.807, 2.05) is 6.92 Å². The van der Waals surface area contributed by atoms with Crippen molar-refractivity contribution in [2.24, 2.45) is 11.3 Å². The van der Waals surface area contributed by atoms with Crippen molar-refractivity contribution in [3.05, 3.63) is 0 Å². The fraction of sp³-hybridized carbons (Fsp3) is 0.909. The van der Waals surface area contributed by atoms with E-state index in [0.717, 1.165) is 12.5 Å². The zero-order chi connectivity index (χ0) is 10.0. The van der Waals surface area contributed by atoms with Crippen LogP contribution < -0.4 is 5.32 Å². The Morgan fingerprint density at radius 2 is 2.21 bits per heavy atom. The highest BCUT2D eigenvalue weighted by molar-refractivity contribution is 5.77. The first-order valence-corrected chi connectivity index (χ1v) is 5.61. The molecule has 0 spiro atoms. The molecule has 0 aliphatic heterocycles. The van der Waals surface area contributed by atoms with E-state index in [1.165, 1.54) is 25.7 Å². The highest BCUT2D eigenvalue weighted by atomic mass is 16.5. The van der Waals surface area contributed by atoms with Gasteiger partial charge in [0.25, 0.3) is 0 Å². The maximum absolute atomic E-state index is 11.3. The van der Waals surface area contributed by atoms with E-state index in [4.69, 9.17) is 4.74 Å².